The Morgan fingerprint density at radius 3 is 2.55 bits per heavy atom. The van der Waals surface area contributed by atoms with Crippen LogP contribution in [0.1, 0.15) is 30.5 Å². The highest BCUT2D eigenvalue weighted by Gasteiger charge is 2.17. The van der Waals surface area contributed by atoms with Gasteiger partial charge in [-0.15, -0.1) is 0 Å². The van der Waals surface area contributed by atoms with Gasteiger partial charge in [0.15, 0.2) is 5.58 Å². The summed E-state index contributed by atoms with van der Waals surface area (Å²) in [6.45, 7) is 8.90. The van der Waals surface area contributed by atoms with Gasteiger partial charge in [-0.05, 0) is 72.5 Å². The number of rotatable bonds is 2. The number of benzene rings is 3. The molecule has 0 bridgehead atoms. The minimum atomic E-state index is 0.523. The zero-order valence-corrected chi connectivity index (χ0v) is 17.7. The first-order chi connectivity index (χ1) is 13.8. The Labute approximate surface area is 170 Å². The van der Waals surface area contributed by atoms with Crippen LogP contribution in [0.3, 0.4) is 0 Å². The van der Waals surface area contributed by atoms with E-state index in [0.29, 0.717) is 11.3 Å². The van der Waals surface area contributed by atoms with Crippen LogP contribution in [0.15, 0.2) is 46.9 Å². The Morgan fingerprint density at radius 1 is 1.00 bits per heavy atom. The van der Waals surface area contributed by atoms with Crippen LogP contribution in [0.5, 0.6) is 0 Å². The quantitative estimate of drug-likeness (QED) is 0.274. The van der Waals surface area contributed by atoms with Crippen molar-refractivity contribution >= 4 is 43.7 Å². The smallest absolute Gasteiger partial charge is 0.152 e. The van der Waals surface area contributed by atoms with Crippen molar-refractivity contribution in [3.8, 4) is 0 Å². The molecule has 0 unspecified atom stereocenters. The normalized spacial score (nSPS) is 12.2. The molecule has 3 aromatic carbocycles. The van der Waals surface area contributed by atoms with Crippen molar-refractivity contribution in [2.24, 2.45) is 13.0 Å². The van der Waals surface area contributed by atoms with Crippen molar-refractivity contribution in [3.05, 3.63) is 64.5 Å². The first-order valence-corrected chi connectivity index (χ1v) is 10.3. The fraction of sp³-hybridized carbons (Fsp3) is 0.269. The van der Waals surface area contributed by atoms with E-state index in [0.717, 1.165) is 34.0 Å². The zero-order chi connectivity index (χ0) is 20.4. The molecule has 0 aliphatic heterocycles. The first-order valence-electron chi connectivity index (χ1n) is 10.3. The Kier molecular flexibility index (Phi) is 3.86. The average molecular weight is 383 g/mol. The fourth-order valence-corrected chi connectivity index (χ4v) is 4.74. The SMILES string of the molecule is Cc1cc2cc(CC(C)C)cc3oc4cc5c(=N)cccc5n(C)c4c(c1C)c23. The van der Waals surface area contributed by atoms with Crippen LogP contribution in [0.4, 0.5) is 0 Å². The van der Waals surface area contributed by atoms with E-state index < -0.39 is 0 Å². The van der Waals surface area contributed by atoms with E-state index in [4.69, 9.17) is 9.83 Å². The largest absolute Gasteiger partial charge is 0.454 e. The van der Waals surface area contributed by atoms with E-state index in [-0.39, 0.29) is 0 Å². The summed E-state index contributed by atoms with van der Waals surface area (Å²) in [5, 5.41) is 13.5. The number of aryl methyl sites for hydroxylation is 3. The minimum absolute atomic E-state index is 0.523. The van der Waals surface area contributed by atoms with Crippen LogP contribution in [0.25, 0.3) is 43.7 Å². The Bertz CT molecular complexity index is 1500. The monoisotopic (exact) mass is 382 g/mol. The Balaban J connectivity index is 2.06. The van der Waals surface area contributed by atoms with Gasteiger partial charge in [-0.2, -0.15) is 0 Å². The molecule has 0 saturated heterocycles. The molecule has 0 amide bonds. The summed E-state index contributed by atoms with van der Waals surface area (Å²) in [5.41, 5.74) is 7.81. The molecule has 0 saturated carbocycles. The lowest BCUT2D eigenvalue weighted by molar-refractivity contribution is 0.640. The molecule has 3 nitrogen and oxygen atoms in total. The molecule has 0 atom stereocenters. The molecule has 2 aromatic heterocycles. The highest BCUT2D eigenvalue weighted by atomic mass is 16.3. The molecule has 5 rings (SSSR count). The summed E-state index contributed by atoms with van der Waals surface area (Å²) >= 11 is 0. The van der Waals surface area contributed by atoms with Crippen molar-refractivity contribution < 1.29 is 4.42 Å². The van der Waals surface area contributed by atoms with Gasteiger partial charge >= 0.3 is 0 Å². The van der Waals surface area contributed by atoms with Gasteiger partial charge < -0.3 is 14.4 Å². The Hall–Kier alpha value is -3.07. The van der Waals surface area contributed by atoms with Crippen molar-refractivity contribution in [2.45, 2.75) is 34.1 Å². The lowest BCUT2D eigenvalue weighted by atomic mass is 9.92. The molecule has 0 aliphatic rings. The number of hydrogen-bond acceptors (Lipinski definition) is 2. The molecule has 5 aromatic rings. The molecule has 146 valence electrons. The summed E-state index contributed by atoms with van der Waals surface area (Å²) < 4.78 is 8.70. The second-order valence-electron chi connectivity index (χ2n) is 8.74. The third-order valence-electron chi connectivity index (χ3n) is 6.17. The number of aromatic nitrogens is 1. The number of nitrogens with zero attached hydrogens (tertiary/aromatic N) is 1. The molecule has 2 heterocycles. The third kappa shape index (κ3) is 2.61. The van der Waals surface area contributed by atoms with Gasteiger partial charge in [0.25, 0.3) is 0 Å². The van der Waals surface area contributed by atoms with Crippen molar-refractivity contribution in [3.63, 3.8) is 0 Å². The number of nitrogens with one attached hydrogen (secondary N) is 1. The van der Waals surface area contributed by atoms with Crippen LogP contribution in [0, 0.1) is 25.2 Å². The molecule has 0 fully saturated rings. The lowest BCUT2D eigenvalue weighted by Crippen LogP contribution is -2.05. The van der Waals surface area contributed by atoms with Gasteiger partial charge in [0, 0.05) is 23.2 Å². The highest BCUT2D eigenvalue weighted by molar-refractivity contribution is 6.19. The molecule has 3 heteroatoms. The third-order valence-corrected chi connectivity index (χ3v) is 6.17. The molecular formula is C26H26N2O. The highest BCUT2D eigenvalue weighted by Crippen LogP contribution is 2.39. The molecule has 1 N–H and O–H groups in total. The van der Waals surface area contributed by atoms with Crippen LogP contribution in [-0.4, -0.2) is 4.57 Å². The summed E-state index contributed by atoms with van der Waals surface area (Å²) in [4.78, 5) is 0. The predicted octanol–water partition coefficient (Wildman–Crippen LogP) is 6.53. The maximum Gasteiger partial charge on any atom is 0.152 e. The van der Waals surface area contributed by atoms with Crippen LogP contribution >= 0.6 is 0 Å². The summed E-state index contributed by atoms with van der Waals surface area (Å²) in [7, 11) is 2.08. The van der Waals surface area contributed by atoms with E-state index in [2.05, 4.69) is 63.6 Å². The van der Waals surface area contributed by atoms with E-state index in [9.17, 15) is 0 Å². The summed E-state index contributed by atoms with van der Waals surface area (Å²) in [5.74, 6) is 0.592. The summed E-state index contributed by atoms with van der Waals surface area (Å²) in [6.07, 6.45) is 1.03. The standard InChI is InChI=1S/C26H26N2O/c1-14(2)9-17-11-18-10-15(3)16(4)24-25(18)22(12-17)29-23-13-19-20(27)7-6-8-21(19)28(5)26(23)24/h6-8,10-14,27H,9H2,1-5H3. The molecular weight excluding hydrogens is 356 g/mol. The average Bonchev–Trinajstić information content (AvgIpc) is 2.65. The maximum absolute atomic E-state index is 8.36. The summed E-state index contributed by atoms with van der Waals surface area (Å²) in [6, 6.07) is 14.7. The Morgan fingerprint density at radius 2 is 1.79 bits per heavy atom. The van der Waals surface area contributed by atoms with Gasteiger partial charge in [-0.1, -0.05) is 32.0 Å². The first kappa shape index (κ1) is 18.0. The van der Waals surface area contributed by atoms with Crippen molar-refractivity contribution in [1.82, 2.24) is 4.57 Å². The van der Waals surface area contributed by atoms with Crippen LogP contribution in [-0.2, 0) is 13.5 Å². The lowest BCUT2D eigenvalue weighted by Gasteiger charge is -2.18. The van der Waals surface area contributed by atoms with Gasteiger partial charge in [-0.3, -0.25) is 0 Å². The van der Waals surface area contributed by atoms with Gasteiger partial charge in [0.2, 0.25) is 0 Å². The van der Waals surface area contributed by atoms with Gasteiger partial charge in [0.05, 0.1) is 16.4 Å². The predicted molar refractivity (Wildman–Crippen MR) is 122 cm³/mol. The number of fused-ring (bicyclic) bond motifs is 3. The minimum Gasteiger partial charge on any atom is -0.454 e. The van der Waals surface area contributed by atoms with Crippen molar-refractivity contribution in [2.75, 3.05) is 0 Å². The topological polar surface area (TPSA) is 41.9 Å². The van der Waals surface area contributed by atoms with Crippen LogP contribution < -0.4 is 5.36 Å². The van der Waals surface area contributed by atoms with E-state index in [1.165, 1.54) is 32.8 Å². The van der Waals surface area contributed by atoms with E-state index >= 15 is 0 Å². The van der Waals surface area contributed by atoms with Crippen molar-refractivity contribution in [1.29, 1.82) is 5.41 Å². The zero-order valence-electron chi connectivity index (χ0n) is 17.7. The molecule has 0 radical (unpaired) electrons. The van der Waals surface area contributed by atoms with Gasteiger partial charge in [0.1, 0.15) is 5.58 Å². The fourth-order valence-electron chi connectivity index (χ4n) is 4.74. The molecule has 29 heavy (non-hydrogen) atoms. The maximum atomic E-state index is 8.36. The number of pyridine rings is 1. The molecule has 0 aliphatic carbocycles. The van der Waals surface area contributed by atoms with E-state index in [1.54, 1.807) is 0 Å². The second-order valence-corrected chi connectivity index (χ2v) is 8.74. The van der Waals surface area contributed by atoms with E-state index in [1.807, 2.05) is 18.2 Å². The molecule has 0 spiro atoms. The second kappa shape index (κ2) is 6.21. The van der Waals surface area contributed by atoms with Crippen LogP contribution in [0.2, 0.25) is 0 Å². The van der Waals surface area contributed by atoms with Gasteiger partial charge in [-0.25, -0.2) is 0 Å². The number of hydrogen-bond donors (Lipinski definition) is 1.